The maximum Gasteiger partial charge on any atom is 0.330 e. The molecule has 0 unspecified atom stereocenters. The molecule has 0 spiro atoms. The number of para-hydroxylation sites is 1. The average molecular weight is 484 g/mol. The lowest BCUT2D eigenvalue weighted by atomic mass is 9.90. The minimum absolute atomic E-state index is 0.0442. The Morgan fingerprint density at radius 2 is 1.88 bits per heavy atom. The van der Waals surface area contributed by atoms with E-state index in [0.29, 0.717) is 50.2 Å². The van der Waals surface area contributed by atoms with Gasteiger partial charge in [0.25, 0.3) is 0 Å². The highest BCUT2D eigenvalue weighted by Gasteiger charge is 2.26. The molecule has 0 aliphatic rings. The zero-order valence-corrected chi connectivity index (χ0v) is 20.4. The number of esters is 1. The molecule has 3 aromatic rings. The summed E-state index contributed by atoms with van der Waals surface area (Å²) in [6, 6.07) is 10.1. The number of nitrogens with zero attached hydrogens (tertiary/aromatic N) is 1. The van der Waals surface area contributed by atoms with Crippen LogP contribution in [0.1, 0.15) is 54.1 Å². The van der Waals surface area contributed by atoms with Crippen LogP contribution in [0.5, 0.6) is 11.5 Å². The second-order valence-corrected chi connectivity index (χ2v) is 8.04. The average Bonchev–Trinajstić information content (AvgIpc) is 3.26. The van der Waals surface area contributed by atoms with Gasteiger partial charge in [0.05, 0.1) is 32.0 Å². The molecule has 1 heterocycles. The van der Waals surface area contributed by atoms with Gasteiger partial charge in [0.15, 0.2) is 17.3 Å². The molecule has 1 aromatic heterocycles. The number of rotatable bonds is 9. The predicted octanol–water partition coefficient (Wildman–Crippen LogP) is 5.94. The lowest BCUT2D eigenvalue weighted by Gasteiger charge is -2.15. The first-order valence-corrected chi connectivity index (χ1v) is 11.1. The third kappa shape index (κ3) is 5.15. The molecule has 0 radical (unpaired) electrons. The number of halogens is 1. The molecular weight excluding hydrogens is 458 g/mol. The Morgan fingerprint density at radius 1 is 1.12 bits per heavy atom. The van der Waals surface area contributed by atoms with Crippen LogP contribution in [0.4, 0.5) is 0 Å². The van der Waals surface area contributed by atoms with Crippen molar-refractivity contribution in [2.75, 3.05) is 20.8 Å². The van der Waals surface area contributed by atoms with Gasteiger partial charge in [-0.3, -0.25) is 4.79 Å². The summed E-state index contributed by atoms with van der Waals surface area (Å²) >= 11 is 6.30. The molecule has 7 nitrogen and oxygen atoms in total. The molecule has 0 fully saturated rings. The van der Waals surface area contributed by atoms with E-state index in [-0.39, 0.29) is 18.3 Å². The van der Waals surface area contributed by atoms with Crippen LogP contribution in [-0.4, -0.2) is 37.7 Å². The normalized spacial score (nSPS) is 11.1. The molecule has 2 aromatic carbocycles. The number of hydrogen-bond acceptors (Lipinski definition) is 7. The first kappa shape index (κ1) is 25.1. The summed E-state index contributed by atoms with van der Waals surface area (Å²) in [7, 11) is 2.98. The second kappa shape index (κ2) is 11.0. The molecule has 0 saturated heterocycles. The van der Waals surface area contributed by atoms with Gasteiger partial charge in [0.1, 0.15) is 11.5 Å². The van der Waals surface area contributed by atoms with Crippen LogP contribution in [-0.2, 0) is 9.53 Å². The standard InChI is InChI=1S/C26H26ClNO6/c1-6-33-22(29)13-12-20-23(25(15(2)3)34-28-20)17-11-10-16(27)14-19(17)24(30)18-8-7-9-21(31-4)26(18)32-5/h7-15H,6H2,1-5H3. The number of ketones is 1. The van der Waals surface area contributed by atoms with E-state index in [1.54, 1.807) is 43.3 Å². The zero-order chi connectivity index (χ0) is 24.8. The number of carbonyl (C=O) groups excluding carboxylic acids is 2. The van der Waals surface area contributed by atoms with Crippen molar-refractivity contribution in [2.45, 2.75) is 26.7 Å². The lowest BCUT2D eigenvalue weighted by Crippen LogP contribution is -2.08. The number of aromatic nitrogens is 1. The summed E-state index contributed by atoms with van der Waals surface area (Å²) in [4.78, 5) is 25.6. The highest BCUT2D eigenvalue weighted by atomic mass is 35.5. The summed E-state index contributed by atoms with van der Waals surface area (Å²) in [5.74, 6) is 0.454. The lowest BCUT2D eigenvalue weighted by molar-refractivity contribution is -0.137. The van der Waals surface area contributed by atoms with Gasteiger partial charge < -0.3 is 18.7 Å². The molecule has 0 aliphatic carbocycles. The van der Waals surface area contributed by atoms with Crippen LogP contribution >= 0.6 is 11.6 Å². The summed E-state index contributed by atoms with van der Waals surface area (Å²) in [6.45, 7) is 5.88. The van der Waals surface area contributed by atoms with Crippen molar-refractivity contribution in [1.82, 2.24) is 5.16 Å². The van der Waals surface area contributed by atoms with Crippen molar-refractivity contribution >= 4 is 29.4 Å². The van der Waals surface area contributed by atoms with Crippen LogP contribution in [0, 0.1) is 0 Å². The van der Waals surface area contributed by atoms with Crippen LogP contribution in [0.25, 0.3) is 17.2 Å². The van der Waals surface area contributed by atoms with E-state index in [1.807, 2.05) is 13.8 Å². The second-order valence-electron chi connectivity index (χ2n) is 7.61. The van der Waals surface area contributed by atoms with Crippen LogP contribution < -0.4 is 9.47 Å². The quantitative estimate of drug-likeness (QED) is 0.211. The van der Waals surface area contributed by atoms with Gasteiger partial charge in [-0.05, 0) is 42.8 Å². The molecular formula is C26H26ClNO6. The van der Waals surface area contributed by atoms with Gasteiger partial charge in [0, 0.05) is 22.6 Å². The van der Waals surface area contributed by atoms with Crippen LogP contribution in [0.15, 0.2) is 47.0 Å². The van der Waals surface area contributed by atoms with E-state index in [1.165, 1.54) is 26.4 Å². The summed E-state index contributed by atoms with van der Waals surface area (Å²) in [6.07, 6.45) is 2.79. The van der Waals surface area contributed by atoms with E-state index in [2.05, 4.69) is 5.16 Å². The minimum Gasteiger partial charge on any atom is -0.493 e. The number of carbonyl (C=O) groups is 2. The van der Waals surface area contributed by atoms with E-state index < -0.39 is 5.97 Å². The first-order valence-electron chi connectivity index (χ1n) is 10.7. The highest BCUT2D eigenvalue weighted by Crippen LogP contribution is 2.39. The number of hydrogen-bond donors (Lipinski definition) is 0. The Hall–Kier alpha value is -3.58. The maximum atomic E-state index is 13.8. The van der Waals surface area contributed by atoms with Crippen molar-refractivity contribution < 1.29 is 28.3 Å². The molecule has 0 saturated carbocycles. The molecule has 0 aliphatic heterocycles. The zero-order valence-electron chi connectivity index (χ0n) is 19.7. The predicted molar refractivity (Wildman–Crippen MR) is 130 cm³/mol. The number of benzene rings is 2. The van der Waals surface area contributed by atoms with E-state index in [0.717, 1.165) is 0 Å². The third-order valence-corrected chi connectivity index (χ3v) is 5.31. The van der Waals surface area contributed by atoms with Gasteiger partial charge in [-0.2, -0.15) is 0 Å². The Balaban J connectivity index is 2.22. The number of ether oxygens (including phenoxy) is 3. The van der Waals surface area contributed by atoms with Gasteiger partial charge in [-0.1, -0.05) is 42.7 Å². The van der Waals surface area contributed by atoms with Gasteiger partial charge in [-0.25, -0.2) is 4.79 Å². The smallest absolute Gasteiger partial charge is 0.330 e. The van der Waals surface area contributed by atoms with Crippen molar-refractivity contribution in [3.63, 3.8) is 0 Å². The molecule has 0 N–H and O–H groups in total. The van der Waals surface area contributed by atoms with Gasteiger partial charge >= 0.3 is 5.97 Å². The fourth-order valence-corrected chi connectivity index (χ4v) is 3.74. The van der Waals surface area contributed by atoms with Crippen LogP contribution in [0.3, 0.4) is 0 Å². The molecule has 0 bridgehead atoms. The Labute approximate surface area is 203 Å². The summed E-state index contributed by atoms with van der Waals surface area (Å²) in [5, 5.41) is 4.53. The SMILES string of the molecule is CCOC(=O)C=Cc1noc(C(C)C)c1-c1ccc(Cl)cc1C(=O)c1cccc(OC)c1OC. The third-order valence-electron chi connectivity index (χ3n) is 5.08. The Bertz CT molecular complexity index is 1230. The van der Waals surface area contributed by atoms with Crippen LogP contribution in [0.2, 0.25) is 5.02 Å². The minimum atomic E-state index is -0.504. The molecule has 178 valence electrons. The molecule has 34 heavy (non-hydrogen) atoms. The van der Waals surface area contributed by atoms with Crippen molar-refractivity contribution in [3.8, 4) is 22.6 Å². The monoisotopic (exact) mass is 483 g/mol. The first-order chi connectivity index (χ1) is 16.3. The van der Waals surface area contributed by atoms with Crippen molar-refractivity contribution in [3.05, 3.63) is 70.1 Å². The Morgan fingerprint density at radius 3 is 2.53 bits per heavy atom. The van der Waals surface area contributed by atoms with E-state index >= 15 is 0 Å². The van der Waals surface area contributed by atoms with E-state index in [4.69, 9.17) is 30.3 Å². The fraction of sp³-hybridized carbons (Fsp3) is 0.269. The van der Waals surface area contributed by atoms with Crippen molar-refractivity contribution in [2.24, 2.45) is 0 Å². The summed E-state index contributed by atoms with van der Waals surface area (Å²) in [5.41, 5.74) is 2.20. The van der Waals surface area contributed by atoms with Crippen molar-refractivity contribution in [1.29, 1.82) is 0 Å². The number of methoxy groups -OCH3 is 2. The van der Waals surface area contributed by atoms with E-state index in [9.17, 15) is 9.59 Å². The maximum absolute atomic E-state index is 13.8. The topological polar surface area (TPSA) is 87.9 Å². The van der Waals surface area contributed by atoms with Gasteiger partial charge in [0.2, 0.25) is 0 Å². The molecule has 0 atom stereocenters. The largest absolute Gasteiger partial charge is 0.493 e. The fourth-order valence-electron chi connectivity index (χ4n) is 3.57. The molecule has 0 amide bonds. The summed E-state index contributed by atoms with van der Waals surface area (Å²) < 4.78 is 21.4. The highest BCUT2D eigenvalue weighted by molar-refractivity contribution is 6.31. The van der Waals surface area contributed by atoms with Gasteiger partial charge in [-0.15, -0.1) is 0 Å². The Kier molecular flexibility index (Phi) is 8.12. The molecule has 8 heteroatoms. The molecule has 3 rings (SSSR count).